The Hall–Kier alpha value is -4.50. The molecule has 2 amide bonds. The van der Waals surface area contributed by atoms with Crippen molar-refractivity contribution in [3.63, 3.8) is 0 Å². The molecule has 0 unspecified atom stereocenters. The largest absolute Gasteiger partial charge is 0.508 e. The molecule has 1 atom stereocenters. The normalized spacial score (nSPS) is 15.4. The number of aromatic nitrogens is 1. The van der Waals surface area contributed by atoms with Gasteiger partial charge in [0.25, 0.3) is 5.91 Å². The molecule has 3 aromatic carbocycles. The van der Waals surface area contributed by atoms with Crippen LogP contribution in [0.3, 0.4) is 0 Å². The molecule has 4 aromatic rings. The van der Waals surface area contributed by atoms with E-state index in [9.17, 15) is 19.8 Å². The minimum atomic E-state index is -0.869. The van der Waals surface area contributed by atoms with E-state index in [4.69, 9.17) is 9.47 Å². The average molecular weight is 598 g/mol. The number of phenols is 1. The Labute approximate surface area is 256 Å². The summed E-state index contributed by atoms with van der Waals surface area (Å²) in [5.74, 6) is 1.34. The highest BCUT2D eigenvalue weighted by Gasteiger charge is 2.30. The lowest BCUT2D eigenvalue weighted by Gasteiger charge is -2.23. The van der Waals surface area contributed by atoms with E-state index in [0.717, 1.165) is 52.1 Å². The second-order valence-electron chi connectivity index (χ2n) is 11.6. The number of aromatic hydroxyl groups is 1. The second-order valence-corrected chi connectivity index (χ2v) is 11.6. The van der Waals surface area contributed by atoms with Gasteiger partial charge in [0.15, 0.2) is 0 Å². The fourth-order valence-corrected chi connectivity index (χ4v) is 6.66. The molecule has 4 N–H and O–H groups in total. The SMILES string of the molecule is COc1ccc2c(c1)OCCn1c-2c(C2CCCCC2)c2ccc(C(=O)N[C@@H](Cc3ccc(O)cc3)C(=O)NCCO)cc21. The summed E-state index contributed by atoms with van der Waals surface area (Å²) in [5.41, 5.74) is 5.71. The zero-order valence-corrected chi connectivity index (χ0v) is 25.0. The molecule has 1 aromatic heterocycles. The summed E-state index contributed by atoms with van der Waals surface area (Å²) in [4.78, 5) is 26.7. The number of hydrogen-bond acceptors (Lipinski definition) is 6. The highest BCUT2D eigenvalue weighted by Crippen LogP contribution is 2.47. The Balaban J connectivity index is 1.39. The summed E-state index contributed by atoms with van der Waals surface area (Å²) in [5, 5.41) is 25.6. The summed E-state index contributed by atoms with van der Waals surface area (Å²) >= 11 is 0. The van der Waals surface area contributed by atoms with Crippen LogP contribution in [0.1, 0.15) is 59.5 Å². The van der Waals surface area contributed by atoms with Crippen molar-refractivity contribution in [2.75, 3.05) is 26.9 Å². The van der Waals surface area contributed by atoms with Crippen LogP contribution >= 0.6 is 0 Å². The Morgan fingerprint density at radius 1 is 1.05 bits per heavy atom. The van der Waals surface area contributed by atoms with Crippen molar-refractivity contribution in [1.29, 1.82) is 0 Å². The van der Waals surface area contributed by atoms with Gasteiger partial charge in [-0.3, -0.25) is 9.59 Å². The molecule has 9 heteroatoms. The number of aliphatic hydroxyl groups excluding tert-OH is 1. The first-order valence-corrected chi connectivity index (χ1v) is 15.4. The third-order valence-corrected chi connectivity index (χ3v) is 8.80. The van der Waals surface area contributed by atoms with Gasteiger partial charge in [-0.05, 0) is 66.3 Å². The molecule has 0 spiro atoms. The molecule has 9 nitrogen and oxygen atoms in total. The number of carbonyl (C=O) groups is 2. The van der Waals surface area contributed by atoms with Crippen LogP contribution in [-0.4, -0.2) is 59.5 Å². The maximum Gasteiger partial charge on any atom is 0.252 e. The summed E-state index contributed by atoms with van der Waals surface area (Å²) in [6.07, 6.45) is 6.14. The Morgan fingerprint density at radius 3 is 2.59 bits per heavy atom. The summed E-state index contributed by atoms with van der Waals surface area (Å²) in [6, 6.07) is 17.5. The van der Waals surface area contributed by atoms with Crippen molar-refractivity contribution in [2.45, 2.75) is 57.0 Å². The molecule has 0 saturated heterocycles. The first-order chi connectivity index (χ1) is 21.5. The Morgan fingerprint density at radius 2 is 1.84 bits per heavy atom. The molecular formula is C35H39N3O6. The van der Waals surface area contributed by atoms with Crippen molar-refractivity contribution in [1.82, 2.24) is 15.2 Å². The third-order valence-electron chi connectivity index (χ3n) is 8.80. The summed E-state index contributed by atoms with van der Waals surface area (Å²) in [7, 11) is 1.65. The number of nitrogens with zero attached hydrogens (tertiary/aromatic N) is 1. The number of fused-ring (bicyclic) bond motifs is 5. The summed E-state index contributed by atoms with van der Waals surface area (Å²) in [6.45, 7) is 0.998. The molecule has 0 bridgehead atoms. The maximum atomic E-state index is 13.7. The fraction of sp³-hybridized carbons (Fsp3) is 0.371. The molecule has 1 fully saturated rings. The molecule has 2 aliphatic rings. The molecule has 6 rings (SSSR count). The van der Waals surface area contributed by atoms with E-state index in [-0.39, 0.29) is 37.1 Å². The lowest BCUT2D eigenvalue weighted by molar-refractivity contribution is -0.123. The van der Waals surface area contributed by atoms with Crippen LogP contribution in [0.15, 0.2) is 60.7 Å². The molecule has 44 heavy (non-hydrogen) atoms. The lowest BCUT2D eigenvalue weighted by atomic mass is 9.81. The van der Waals surface area contributed by atoms with E-state index in [1.54, 1.807) is 31.4 Å². The maximum absolute atomic E-state index is 13.7. The van der Waals surface area contributed by atoms with Gasteiger partial charge in [-0.2, -0.15) is 0 Å². The van der Waals surface area contributed by atoms with E-state index >= 15 is 0 Å². The van der Waals surface area contributed by atoms with Gasteiger partial charge in [0.05, 0.1) is 26.0 Å². The van der Waals surface area contributed by atoms with Crippen LogP contribution in [0.25, 0.3) is 22.2 Å². The quantitative estimate of drug-likeness (QED) is 0.218. The molecule has 2 heterocycles. The van der Waals surface area contributed by atoms with E-state index in [1.807, 2.05) is 24.3 Å². The molecule has 230 valence electrons. The number of benzene rings is 3. The van der Waals surface area contributed by atoms with E-state index in [2.05, 4.69) is 27.3 Å². The molecule has 1 aliphatic carbocycles. The van der Waals surface area contributed by atoms with Crippen molar-refractivity contribution < 1.29 is 29.3 Å². The van der Waals surface area contributed by atoms with Crippen LogP contribution in [0.4, 0.5) is 0 Å². The molecule has 1 saturated carbocycles. The number of rotatable bonds is 9. The molecule has 1 aliphatic heterocycles. The minimum absolute atomic E-state index is 0.0857. The topological polar surface area (TPSA) is 122 Å². The van der Waals surface area contributed by atoms with Gasteiger partial charge in [-0.1, -0.05) is 37.5 Å². The number of ether oxygens (including phenoxy) is 2. The first-order valence-electron chi connectivity index (χ1n) is 15.4. The fourth-order valence-electron chi connectivity index (χ4n) is 6.66. The number of aliphatic hydroxyl groups is 1. The van der Waals surface area contributed by atoms with Crippen molar-refractivity contribution in [2.24, 2.45) is 0 Å². The van der Waals surface area contributed by atoms with Gasteiger partial charge in [0.1, 0.15) is 29.9 Å². The van der Waals surface area contributed by atoms with Gasteiger partial charge in [-0.25, -0.2) is 0 Å². The van der Waals surface area contributed by atoms with Crippen molar-refractivity contribution in [3.05, 3.63) is 77.4 Å². The number of carbonyl (C=O) groups excluding carboxylic acids is 2. The van der Waals surface area contributed by atoms with Crippen LogP contribution < -0.4 is 20.1 Å². The van der Waals surface area contributed by atoms with Crippen LogP contribution in [0.5, 0.6) is 17.2 Å². The van der Waals surface area contributed by atoms with Crippen molar-refractivity contribution in [3.8, 4) is 28.5 Å². The van der Waals surface area contributed by atoms with Crippen LogP contribution in [0, 0.1) is 0 Å². The monoisotopic (exact) mass is 597 g/mol. The van der Waals surface area contributed by atoms with E-state index in [0.29, 0.717) is 24.6 Å². The van der Waals surface area contributed by atoms with Gasteiger partial charge >= 0.3 is 0 Å². The Kier molecular flexibility index (Phi) is 8.74. The minimum Gasteiger partial charge on any atom is -0.508 e. The second kappa shape index (κ2) is 13.0. The lowest BCUT2D eigenvalue weighted by Crippen LogP contribution is -2.48. The van der Waals surface area contributed by atoms with Gasteiger partial charge in [0.2, 0.25) is 5.91 Å². The van der Waals surface area contributed by atoms with Gasteiger partial charge in [-0.15, -0.1) is 0 Å². The number of phenolic OH excluding ortho intramolecular Hbond substituents is 1. The highest BCUT2D eigenvalue weighted by atomic mass is 16.5. The van der Waals surface area contributed by atoms with E-state index < -0.39 is 6.04 Å². The number of amides is 2. The highest BCUT2D eigenvalue weighted by molar-refractivity contribution is 6.02. The first kappa shape index (κ1) is 29.6. The number of methoxy groups -OCH3 is 1. The number of nitrogens with one attached hydrogen (secondary N) is 2. The third kappa shape index (κ3) is 5.97. The van der Waals surface area contributed by atoms with Crippen LogP contribution in [-0.2, 0) is 17.8 Å². The van der Waals surface area contributed by atoms with Gasteiger partial charge in [0, 0.05) is 41.1 Å². The van der Waals surface area contributed by atoms with E-state index in [1.165, 1.54) is 24.8 Å². The van der Waals surface area contributed by atoms with Gasteiger partial charge < -0.3 is 34.9 Å². The van der Waals surface area contributed by atoms with Crippen molar-refractivity contribution >= 4 is 22.7 Å². The zero-order chi connectivity index (χ0) is 30.6. The predicted octanol–water partition coefficient (Wildman–Crippen LogP) is 4.91. The summed E-state index contributed by atoms with van der Waals surface area (Å²) < 4.78 is 14.0. The molecular weight excluding hydrogens is 558 g/mol. The zero-order valence-electron chi connectivity index (χ0n) is 25.0. The van der Waals surface area contributed by atoms with Crippen LogP contribution in [0.2, 0.25) is 0 Å². The number of hydrogen-bond donors (Lipinski definition) is 4. The average Bonchev–Trinajstić information content (AvgIpc) is 3.25. The Bertz CT molecular complexity index is 1660. The standard InChI is InChI=1S/C35H39N3O6/c1-43-26-12-14-28-31(21-26)44-18-16-38-30-20-24(9-13-27(30)32(33(28)38)23-5-3-2-4-6-23)34(41)37-29(35(42)36-15-17-39)19-22-7-10-25(40)11-8-22/h7-14,20-21,23,29,39-40H,2-6,15-19H2,1H3,(H,36,42)(H,37,41)/t29-/m0/s1. The molecule has 0 radical (unpaired) electrons. The smallest absolute Gasteiger partial charge is 0.252 e. The predicted molar refractivity (Wildman–Crippen MR) is 168 cm³/mol.